The summed E-state index contributed by atoms with van der Waals surface area (Å²) in [6.07, 6.45) is 3.53. The summed E-state index contributed by atoms with van der Waals surface area (Å²) in [5, 5.41) is 5.43. The Labute approximate surface area is 220 Å². The monoisotopic (exact) mass is 549 g/mol. The van der Waals surface area contributed by atoms with Crippen LogP contribution >= 0.6 is 19.4 Å². The van der Waals surface area contributed by atoms with Crippen LogP contribution in [0.15, 0.2) is 54.6 Å². The number of nitrogens with one attached hydrogen (secondary N) is 2. The van der Waals surface area contributed by atoms with Crippen LogP contribution in [0.3, 0.4) is 0 Å². The first-order valence-electron chi connectivity index (χ1n) is 11.4. The minimum atomic E-state index is -4.38. The first-order chi connectivity index (χ1) is 17.6. The Bertz CT molecular complexity index is 1150. The first kappa shape index (κ1) is 30.3. The Balaban J connectivity index is 2.19. The maximum Gasteiger partial charge on any atom is 0.329 e. The van der Waals surface area contributed by atoms with Gasteiger partial charge in [0.05, 0.1) is 12.2 Å². The molecule has 0 aliphatic carbocycles. The highest BCUT2D eigenvalue weighted by Gasteiger charge is 2.25. The number of nitrogens with two attached hydrogens (primary N) is 1. The van der Waals surface area contributed by atoms with Gasteiger partial charge in [0.1, 0.15) is 11.8 Å². The zero-order valence-electron chi connectivity index (χ0n) is 20.6. The molecular formula is C25H32N3O7PS. The van der Waals surface area contributed by atoms with Crippen LogP contribution in [0.1, 0.15) is 24.5 Å². The van der Waals surface area contributed by atoms with Crippen LogP contribution in [0.25, 0.3) is 5.57 Å². The standard InChI is InChI=1S/C25H32N3O7PS/c1-3-18(15-36(32,33)34)20-10-9-19(14-23(20)35-16-29)27-25(31)22(11-12-37-2)28-24(30)21(26)13-17-7-5-4-6-8-17/h3-10,14,16,21-22H,11-13,15,26H2,1-2H3,(H,27,31)(H,28,30)(H2,32,33,34)/b18-3-/t21-,22-/m0/s1. The van der Waals surface area contributed by atoms with Gasteiger partial charge in [0.25, 0.3) is 6.47 Å². The molecule has 2 aromatic carbocycles. The van der Waals surface area contributed by atoms with Crippen molar-refractivity contribution in [3.63, 3.8) is 0 Å². The molecule has 0 saturated carbocycles. The molecule has 0 aliphatic heterocycles. The van der Waals surface area contributed by atoms with Gasteiger partial charge in [0.15, 0.2) is 0 Å². The molecule has 0 fully saturated rings. The van der Waals surface area contributed by atoms with E-state index in [0.717, 1.165) is 5.56 Å². The summed E-state index contributed by atoms with van der Waals surface area (Å²) in [5.41, 5.74) is 7.83. The molecule has 2 amide bonds. The fraction of sp³-hybridized carbons (Fsp3) is 0.320. The highest BCUT2D eigenvalue weighted by atomic mass is 32.2. The summed E-state index contributed by atoms with van der Waals surface area (Å²) >= 11 is 1.52. The van der Waals surface area contributed by atoms with Gasteiger partial charge in [-0.25, -0.2) is 0 Å². The van der Waals surface area contributed by atoms with Crippen LogP contribution in [0.5, 0.6) is 5.75 Å². The molecule has 12 heteroatoms. The molecule has 6 N–H and O–H groups in total. The van der Waals surface area contributed by atoms with Crippen LogP contribution in [-0.2, 0) is 25.4 Å². The number of thioether (sulfide) groups is 1. The van der Waals surface area contributed by atoms with Gasteiger partial charge in [-0.3, -0.25) is 18.9 Å². The van der Waals surface area contributed by atoms with Gasteiger partial charge in [0.2, 0.25) is 11.8 Å². The third kappa shape index (κ3) is 10.1. The molecule has 2 rings (SSSR count). The highest BCUT2D eigenvalue weighted by Crippen LogP contribution is 2.42. The van der Waals surface area contributed by atoms with E-state index in [2.05, 4.69) is 10.6 Å². The first-order valence-corrected chi connectivity index (χ1v) is 14.6. The lowest BCUT2D eigenvalue weighted by atomic mass is 10.0. The second-order valence-corrected chi connectivity index (χ2v) is 10.8. The molecule has 0 saturated heterocycles. The maximum atomic E-state index is 13.1. The van der Waals surface area contributed by atoms with E-state index in [0.29, 0.717) is 24.2 Å². The molecule has 0 radical (unpaired) electrons. The van der Waals surface area contributed by atoms with E-state index in [9.17, 15) is 28.7 Å². The van der Waals surface area contributed by atoms with Crippen LogP contribution in [-0.4, -0.2) is 58.3 Å². The fourth-order valence-corrected chi connectivity index (χ4v) is 4.81. The van der Waals surface area contributed by atoms with Crippen molar-refractivity contribution in [2.75, 3.05) is 23.5 Å². The van der Waals surface area contributed by atoms with Crippen molar-refractivity contribution in [3.8, 4) is 5.75 Å². The van der Waals surface area contributed by atoms with E-state index in [1.165, 1.54) is 36.0 Å². The predicted molar refractivity (Wildman–Crippen MR) is 145 cm³/mol. The van der Waals surface area contributed by atoms with Crippen LogP contribution < -0.4 is 21.1 Å². The van der Waals surface area contributed by atoms with Gasteiger partial charge in [-0.1, -0.05) is 36.4 Å². The largest absolute Gasteiger partial charge is 0.428 e. The second kappa shape index (κ2) is 14.7. The lowest BCUT2D eigenvalue weighted by molar-refractivity contribution is -0.127. The van der Waals surface area contributed by atoms with E-state index < -0.39 is 37.7 Å². The Morgan fingerprint density at radius 2 is 1.86 bits per heavy atom. The van der Waals surface area contributed by atoms with Crippen LogP contribution in [0.2, 0.25) is 0 Å². The minimum Gasteiger partial charge on any atom is -0.428 e. The second-order valence-electron chi connectivity index (χ2n) is 8.19. The molecule has 0 aliphatic rings. The van der Waals surface area contributed by atoms with Gasteiger partial charge in [-0.15, -0.1) is 0 Å². The normalized spacial score (nSPS) is 13.4. The average molecular weight is 550 g/mol. The van der Waals surface area contributed by atoms with Gasteiger partial charge in [-0.2, -0.15) is 11.8 Å². The molecule has 2 aromatic rings. The van der Waals surface area contributed by atoms with Crippen LogP contribution in [0.4, 0.5) is 5.69 Å². The fourth-order valence-electron chi connectivity index (χ4n) is 3.54. The third-order valence-corrected chi connectivity index (χ3v) is 6.77. The number of amides is 2. The number of carbonyl (C=O) groups is 3. The summed E-state index contributed by atoms with van der Waals surface area (Å²) in [6.45, 7) is 1.79. The topological polar surface area (TPSA) is 168 Å². The smallest absolute Gasteiger partial charge is 0.329 e. The van der Waals surface area contributed by atoms with E-state index in [4.69, 9.17) is 10.5 Å². The van der Waals surface area contributed by atoms with E-state index in [1.807, 2.05) is 36.6 Å². The summed E-state index contributed by atoms with van der Waals surface area (Å²) in [6, 6.07) is 12.0. The number of rotatable bonds is 14. The van der Waals surface area contributed by atoms with Gasteiger partial charge in [-0.05, 0) is 55.0 Å². The summed E-state index contributed by atoms with van der Waals surface area (Å²) in [5.74, 6) is -0.317. The third-order valence-electron chi connectivity index (χ3n) is 5.37. The zero-order valence-corrected chi connectivity index (χ0v) is 22.3. The van der Waals surface area contributed by atoms with Crippen molar-refractivity contribution in [2.45, 2.75) is 31.8 Å². The number of anilines is 1. The average Bonchev–Trinajstić information content (AvgIpc) is 2.85. The summed E-state index contributed by atoms with van der Waals surface area (Å²) in [4.78, 5) is 55.6. The number of ether oxygens (including phenoxy) is 1. The summed E-state index contributed by atoms with van der Waals surface area (Å²) < 4.78 is 16.5. The molecule has 10 nitrogen and oxygen atoms in total. The molecule has 2 atom stereocenters. The lowest BCUT2D eigenvalue weighted by Gasteiger charge is -2.21. The quantitative estimate of drug-likeness (QED) is 0.176. The van der Waals surface area contributed by atoms with E-state index >= 15 is 0 Å². The number of benzene rings is 2. The van der Waals surface area contributed by atoms with E-state index in [-0.39, 0.29) is 23.5 Å². The van der Waals surface area contributed by atoms with E-state index in [1.54, 1.807) is 6.92 Å². The molecule has 0 heterocycles. The highest BCUT2D eigenvalue weighted by molar-refractivity contribution is 7.98. The van der Waals surface area contributed by atoms with Gasteiger partial charge >= 0.3 is 7.60 Å². The molecule has 0 unspecified atom stereocenters. The predicted octanol–water partition coefficient (Wildman–Crippen LogP) is 2.55. The van der Waals surface area contributed by atoms with Crippen molar-refractivity contribution >= 4 is 48.9 Å². The van der Waals surface area contributed by atoms with Crippen molar-refractivity contribution in [1.82, 2.24) is 5.32 Å². The number of hydrogen-bond acceptors (Lipinski definition) is 7. The Kier molecular flexibility index (Phi) is 12.0. The van der Waals surface area contributed by atoms with Crippen LogP contribution in [0, 0.1) is 0 Å². The number of carbonyl (C=O) groups excluding carboxylic acids is 3. The molecular weight excluding hydrogens is 517 g/mol. The van der Waals surface area contributed by atoms with Gasteiger partial charge < -0.3 is 30.9 Å². The SMILES string of the molecule is C/C=C(/CP(=O)(O)O)c1ccc(NC(=O)[C@H](CCSC)NC(=O)[C@@H](N)Cc2ccccc2)cc1OC=O. The van der Waals surface area contributed by atoms with Crippen molar-refractivity contribution in [1.29, 1.82) is 0 Å². The van der Waals surface area contributed by atoms with Crippen molar-refractivity contribution < 1.29 is 33.5 Å². The number of allylic oxidation sites excluding steroid dienone is 2. The minimum absolute atomic E-state index is 0.0175. The maximum absolute atomic E-state index is 13.1. The van der Waals surface area contributed by atoms with Crippen molar-refractivity contribution in [3.05, 3.63) is 65.7 Å². The zero-order chi connectivity index (χ0) is 27.4. The molecule has 37 heavy (non-hydrogen) atoms. The number of hydrogen-bond donors (Lipinski definition) is 5. The molecule has 0 aromatic heterocycles. The molecule has 0 bridgehead atoms. The molecule has 200 valence electrons. The Hall–Kier alpha value is -2.95. The summed E-state index contributed by atoms with van der Waals surface area (Å²) in [7, 11) is -4.38. The molecule has 0 spiro atoms. The van der Waals surface area contributed by atoms with Gasteiger partial charge in [0, 0.05) is 17.3 Å². The Morgan fingerprint density at radius 3 is 2.46 bits per heavy atom. The van der Waals surface area contributed by atoms with Crippen molar-refractivity contribution in [2.24, 2.45) is 5.73 Å². The Morgan fingerprint density at radius 1 is 1.16 bits per heavy atom. The lowest BCUT2D eigenvalue weighted by Crippen LogP contribution is -2.50.